The van der Waals surface area contributed by atoms with Crippen molar-refractivity contribution in [1.82, 2.24) is 0 Å². The molecule has 7 heteroatoms. The SMILES string of the molecule is CCCCC1CCC(c2ccc(-c3ccc(OCC(F)(F)F)c(F)c3F)cc2F)CC1. The standard InChI is InChI=1S/C24H26F6O/c1-2-3-4-15-5-7-16(8-6-15)18-10-9-17(13-20(18)25)19-11-12-21(23(27)22(19)26)31-14-24(28,29)30/h9-13,15-16H,2-8,14H2,1H3. The first-order chi connectivity index (χ1) is 14.7. The molecule has 1 saturated carbocycles. The predicted octanol–water partition coefficient (Wildman–Crippen LogP) is 8.18. The third kappa shape index (κ3) is 5.95. The summed E-state index contributed by atoms with van der Waals surface area (Å²) in [5.41, 5.74) is 0.464. The number of rotatable bonds is 7. The van der Waals surface area contributed by atoms with Gasteiger partial charge in [-0.15, -0.1) is 0 Å². The molecule has 1 aliphatic rings. The Labute approximate surface area is 178 Å². The zero-order valence-corrected chi connectivity index (χ0v) is 17.4. The Morgan fingerprint density at radius 3 is 2.26 bits per heavy atom. The highest BCUT2D eigenvalue weighted by atomic mass is 19.4. The topological polar surface area (TPSA) is 9.23 Å². The van der Waals surface area contributed by atoms with Crippen LogP contribution < -0.4 is 4.74 Å². The summed E-state index contributed by atoms with van der Waals surface area (Å²) >= 11 is 0. The number of unbranched alkanes of at least 4 members (excludes halogenated alkanes) is 1. The van der Waals surface area contributed by atoms with Crippen molar-refractivity contribution in [2.75, 3.05) is 6.61 Å². The summed E-state index contributed by atoms with van der Waals surface area (Å²) in [4.78, 5) is 0. The Morgan fingerprint density at radius 2 is 1.65 bits per heavy atom. The highest BCUT2D eigenvalue weighted by Gasteiger charge is 2.30. The van der Waals surface area contributed by atoms with E-state index in [2.05, 4.69) is 11.7 Å². The molecule has 3 rings (SSSR count). The normalized spacial score (nSPS) is 19.5. The minimum atomic E-state index is -4.67. The Kier molecular flexibility index (Phi) is 7.55. The number of benzene rings is 2. The Hall–Kier alpha value is -2.18. The highest BCUT2D eigenvalue weighted by Crippen LogP contribution is 2.40. The second kappa shape index (κ2) is 9.96. The van der Waals surface area contributed by atoms with Crippen LogP contribution in [0, 0.1) is 23.4 Å². The van der Waals surface area contributed by atoms with Gasteiger partial charge in [0.1, 0.15) is 5.82 Å². The largest absolute Gasteiger partial charge is 0.481 e. The van der Waals surface area contributed by atoms with Crippen LogP contribution in [0.2, 0.25) is 0 Å². The summed E-state index contributed by atoms with van der Waals surface area (Å²) in [5, 5.41) is 0. The number of halogens is 6. The van der Waals surface area contributed by atoms with Gasteiger partial charge in [0.05, 0.1) is 0 Å². The van der Waals surface area contributed by atoms with E-state index < -0.39 is 36.0 Å². The lowest BCUT2D eigenvalue weighted by atomic mass is 9.77. The van der Waals surface area contributed by atoms with E-state index in [-0.39, 0.29) is 17.0 Å². The van der Waals surface area contributed by atoms with Gasteiger partial charge in [-0.2, -0.15) is 17.6 Å². The van der Waals surface area contributed by atoms with Crippen molar-refractivity contribution in [2.45, 2.75) is 64.0 Å². The molecule has 0 bridgehead atoms. The first-order valence-electron chi connectivity index (χ1n) is 10.7. The van der Waals surface area contributed by atoms with Crippen LogP contribution in [-0.4, -0.2) is 12.8 Å². The molecule has 0 aliphatic heterocycles. The van der Waals surface area contributed by atoms with Gasteiger partial charge in [0.15, 0.2) is 18.2 Å². The Bertz CT molecular complexity index is 884. The molecule has 0 atom stereocenters. The molecule has 1 aliphatic carbocycles. The summed E-state index contributed by atoms with van der Waals surface area (Å²) in [7, 11) is 0. The molecular weight excluding hydrogens is 418 g/mol. The zero-order valence-electron chi connectivity index (χ0n) is 17.4. The van der Waals surface area contributed by atoms with E-state index in [1.165, 1.54) is 25.3 Å². The molecular formula is C24H26F6O. The van der Waals surface area contributed by atoms with Crippen molar-refractivity contribution in [3.05, 3.63) is 53.3 Å². The van der Waals surface area contributed by atoms with Crippen LogP contribution in [0.15, 0.2) is 30.3 Å². The predicted molar refractivity (Wildman–Crippen MR) is 108 cm³/mol. The van der Waals surface area contributed by atoms with Crippen LogP contribution in [0.3, 0.4) is 0 Å². The second-order valence-electron chi connectivity index (χ2n) is 8.24. The third-order valence-electron chi connectivity index (χ3n) is 6.00. The first kappa shape index (κ1) is 23.5. The highest BCUT2D eigenvalue weighted by molar-refractivity contribution is 5.66. The van der Waals surface area contributed by atoms with Gasteiger partial charge in [0.2, 0.25) is 5.82 Å². The molecule has 0 amide bonds. The molecule has 0 aromatic heterocycles. The van der Waals surface area contributed by atoms with Crippen LogP contribution in [0.25, 0.3) is 11.1 Å². The fourth-order valence-electron chi connectivity index (χ4n) is 4.31. The van der Waals surface area contributed by atoms with E-state index in [4.69, 9.17) is 0 Å². The summed E-state index contributed by atoms with van der Waals surface area (Å²) in [6.07, 6.45) is 2.84. The monoisotopic (exact) mass is 444 g/mol. The summed E-state index contributed by atoms with van der Waals surface area (Å²) in [6, 6.07) is 6.30. The fourth-order valence-corrected chi connectivity index (χ4v) is 4.31. The molecule has 0 N–H and O–H groups in total. The fraction of sp³-hybridized carbons (Fsp3) is 0.500. The van der Waals surface area contributed by atoms with Crippen LogP contribution in [0.1, 0.15) is 63.4 Å². The molecule has 0 saturated heterocycles. The molecule has 0 spiro atoms. The minimum Gasteiger partial charge on any atom is -0.481 e. The van der Waals surface area contributed by atoms with Gasteiger partial charge in [-0.05, 0) is 66.8 Å². The number of hydrogen-bond acceptors (Lipinski definition) is 1. The molecule has 170 valence electrons. The van der Waals surface area contributed by atoms with Crippen molar-refractivity contribution < 1.29 is 31.1 Å². The number of hydrogen-bond donors (Lipinski definition) is 0. The maximum atomic E-state index is 14.8. The molecule has 2 aromatic carbocycles. The molecule has 31 heavy (non-hydrogen) atoms. The lowest BCUT2D eigenvalue weighted by molar-refractivity contribution is -0.153. The van der Waals surface area contributed by atoms with Gasteiger partial charge in [0.25, 0.3) is 0 Å². The molecule has 1 nitrogen and oxygen atoms in total. The van der Waals surface area contributed by atoms with Gasteiger partial charge < -0.3 is 4.74 Å². The van der Waals surface area contributed by atoms with Gasteiger partial charge in [-0.3, -0.25) is 0 Å². The summed E-state index contributed by atoms with van der Waals surface area (Å²) in [5.74, 6) is -3.43. The average molecular weight is 444 g/mol. The van der Waals surface area contributed by atoms with Crippen molar-refractivity contribution in [1.29, 1.82) is 0 Å². The Morgan fingerprint density at radius 1 is 0.935 bits per heavy atom. The maximum absolute atomic E-state index is 14.8. The number of alkyl halides is 3. The van der Waals surface area contributed by atoms with Gasteiger partial charge in [0, 0.05) is 5.56 Å². The van der Waals surface area contributed by atoms with E-state index >= 15 is 0 Å². The van der Waals surface area contributed by atoms with Crippen molar-refractivity contribution in [2.24, 2.45) is 5.92 Å². The van der Waals surface area contributed by atoms with Crippen LogP contribution in [0.4, 0.5) is 26.3 Å². The van der Waals surface area contributed by atoms with E-state index in [9.17, 15) is 26.3 Å². The molecule has 0 radical (unpaired) electrons. The quantitative estimate of drug-likeness (QED) is 0.391. The van der Waals surface area contributed by atoms with E-state index in [1.54, 1.807) is 6.07 Å². The maximum Gasteiger partial charge on any atom is 0.422 e. The van der Waals surface area contributed by atoms with Gasteiger partial charge >= 0.3 is 6.18 Å². The second-order valence-corrected chi connectivity index (χ2v) is 8.24. The summed E-state index contributed by atoms with van der Waals surface area (Å²) in [6.45, 7) is 0.438. The molecule has 0 heterocycles. The zero-order chi connectivity index (χ0) is 22.6. The van der Waals surface area contributed by atoms with E-state index in [1.807, 2.05) is 0 Å². The number of ether oxygens (including phenoxy) is 1. The minimum absolute atomic E-state index is 0.103. The van der Waals surface area contributed by atoms with Crippen LogP contribution in [-0.2, 0) is 0 Å². The smallest absolute Gasteiger partial charge is 0.422 e. The Balaban J connectivity index is 1.73. The van der Waals surface area contributed by atoms with Gasteiger partial charge in [-0.25, -0.2) is 8.78 Å². The van der Waals surface area contributed by atoms with Crippen molar-refractivity contribution >= 4 is 0 Å². The van der Waals surface area contributed by atoms with Crippen LogP contribution in [0.5, 0.6) is 5.75 Å². The average Bonchev–Trinajstić information content (AvgIpc) is 2.73. The lowest BCUT2D eigenvalue weighted by Crippen LogP contribution is -2.19. The molecule has 2 aromatic rings. The van der Waals surface area contributed by atoms with Crippen molar-refractivity contribution in [3.63, 3.8) is 0 Å². The molecule has 1 fully saturated rings. The summed E-state index contributed by atoms with van der Waals surface area (Å²) < 4.78 is 84.5. The first-order valence-corrected chi connectivity index (χ1v) is 10.7. The molecule has 0 unspecified atom stereocenters. The van der Waals surface area contributed by atoms with Crippen molar-refractivity contribution in [3.8, 4) is 16.9 Å². The van der Waals surface area contributed by atoms with Gasteiger partial charge in [-0.1, -0.05) is 38.3 Å². The van der Waals surface area contributed by atoms with E-state index in [0.29, 0.717) is 11.5 Å². The lowest BCUT2D eigenvalue weighted by Gasteiger charge is -2.29. The van der Waals surface area contributed by atoms with Crippen LogP contribution >= 0.6 is 0 Å². The third-order valence-corrected chi connectivity index (χ3v) is 6.00. The van der Waals surface area contributed by atoms with E-state index in [0.717, 1.165) is 43.9 Å².